The number of aliphatic hydroxyl groups excluding tert-OH is 1. The summed E-state index contributed by atoms with van der Waals surface area (Å²) in [6.45, 7) is 0.473. The maximum atomic E-state index is 9.77. The molecule has 0 radical (unpaired) electrons. The van der Waals surface area contributed by atoms with E-state index in [1.165, 1.54) is 0 Å². The van der Waals surface area contributed by atoms with Crippen molar-refractivity contribution in [1.29, 1.82) is 0 Å². The highest BCUT2D eigenvalue weighted by Crippen LogP contribution is 2.16. The highest BCUT2D eigenvalue weighted by atomic mass is 16.3. The van der Waals surface area contributed by atoms with Crippen molar-refractivity contribution in [3.05, 3.63) is 36.3 Å². The van der Waals surface area contributed by atoms with Crippen LogP contribution in [0, 0.1) is 0 Å². The molecule has 2 aromatic rings. The molecule has 1 atom stereocenters. The van der Waals surface area contributed by atoms with Gasteiger partial charge in [-0.05, 0) is 25.1 Å². The Hall–Kier alpha value is -1.39. The van der Waals surface area contributed by atoms with Gasteiger partial charge in [-0.15, -0.1) is 0 Å². The molecule has 4 nitrogen and oxygen atoms in total. The zero-order valence-electron chi connectivity index (χ0n) is 7.80. The van der Waals surface area contributed by atoms with Gasteiger partial charge in [0.25, 0.3) is 0 Å². The summed E-state index contributed by atoms with van der Waals surface area (Å²) in [4.78, 5) is 4.18. The van der Waals surface area contributed by atoms with Crippen molar-refractivity contribution in [1.82, 2.24) is 9.38 Å². The van der Waals surface area contributed by atoms with Crippen molar-refractivity contribution < 1.29 is 5.11 Å². The summed E-state index contributed by atoms with van der Waals surface area (Å²) in [6, 6.07) is 5.73. The Morgan fingerprint density at radius 1 is 1.50 bits per heavy atom. The van der Waals surface area contributed by atoms with Crippen LogP contribution in [-0.2, 0) is 0 Å². The lowest BCUT2D eigenvalue weighted by molar-refractivity contribution is 0.164. The molecule has 0 aliphatic heterocycles. The molecular formula is C10H13N3O. The molecule has 0 bridgehead atoms. The number of pyridine rings is 1. The number of nitrogens with zero attached hydrogens (tertiary/aromatic N) is 2. The van der Waals surface area contributed by atoms with E-state index in [2.05, 4.69) is 4.98 Å². The third-order valence-electron chi connectivity index (χ3n) is 2.23. The van der Waals surface area contributed by atoms with E-state index in [1.54, 1.807) is 6.20 Å². The first-order chi connectivity index (χ1) is 6.83. The largest absolute Gasteiger partial charge is 0.387 e. The van der Waals surface area contributed by atoms with Gasteiger partial charge in [-0.1, -0.05) is 6.07 Å². The molecular weight excluding hydrogens is 178 g/mol. The Morgan fingerprint density at radius 3 is 3.14 bits per heavy atom. The third kappa shape index (κ3) is 1.49. The third-order valence-corrected chi connectivity index (χ3v) is 2.23. The molecule has 0 saturated heterocycles. The van der Waals surface area contributed by atoms with Crippen LogP contribution < -0.4 is 5.73 Å². The fourth-order valence-electron chi connectivity index (χ4n) is 1.50. The molecule has 0 spiro atoms. The summed E-state index contributed by atoms with van der Waals surface area (Å²) < 4.78 is 1.88. The van der Waals surface area contributed by atoms with Crippen LogP contribution in [0.15, 0.2) is 30.6 Å². The van der Waals surface area contributed by atoms with E-state index in [4.69, 9.17) is 5.73 Å². The quantitative estimate of drug-likeness (QED) is 0.751. The molecule has 2 aromatic heterocycles. The molecule has 0 saturated carbocycles. The van der Waals surface area contributed by atoms with Crippen molar-refractivity contribution in [2.24, 2.45) is 5.73 Å². The van der Waals surface area contributed by atoms with E-state index < -0.39 is 6.10 Å². The zero-order valence-corrected chi connectivity index (χ0v) is 7.80. The van der Waals surface area contributed by atoms with Crippen LogP contribution in [0.25, 0.3) is 5.65 Å². The molecule has 0 unspecified atom stereocenters. The molecule has 2 heterocycles. The van der Waals surface area contributed by atoms with Crippen molar-refractivity contribution in [3.8, 4) is 0 Å². The van der Waals surface area contributed by atoms with Crippen LogP contribution in [0.2, 0.25) is 0 Å². The first kappa shape index (κ1) is 9.18. The Labute approximate surface area is 82.0 Å². The molecule has 74 valence electrons. The van der Waals surface area contributed by atoms with Crippen molar-refractivity contribution in [2.75, 3.05) is 6.54 Å². The highest BCUT2D eigenvalue weighted by molar-refractivity contribution is 5.40. The van der Waals surface area contributed by atoms with Crippen LogP contribution >= 0.6 is 0 Å². The molecule has 0 aliphatic rings. The topological polar surface area (TPSA) is 63.5 Å². The van der Waals surface area contributed by atoms with Crippen molar-refractivity contribution in [3.63, 3.8) is 0 Å². The lowest BCUT2D eigenvalue weighted by atomic mass is 10.2. The van der Waals surface area contributed by atoms with E-state index in [-0.39, 0.29) is 0 Å². The van der Waals surface area contributed by atoms with Gasteiger partial charge in [0.1, 0.15) is 5.65 Å². The van der Waals surface area contributed by atoms with Gasteiger partial charge in [-0.3, -0.25) is 0 Å². The van der Waals surface area contributed by atoms with Gasteiger partial charge in [0.15, 0.2) is 0 Å². The van der Waals surface area contributed by atoms with E-state index in [1.807, 2.05) is 28.8 Å². The smallest absolute Gasteiger partial charge is 0.136 e. The van der Waals surface area contributed by atoms with Crippen LogP contribution in [0.5, 0.6) is 0 Å². The van der Waals surface area contributed by atoms with Gasteiger partial charge >= 0.3 is 0 Å². The normalized spacial score (nSPS) is 13.3. The number of imidazole rings is 1. The summed E-state index contributed by atoms with van der Waals surface area (Å²) in [5.74, 6) is 0. The number of fused-ring (bicyclic) bond motifs is 1. The van der Waals surface area contributed by atoms with Crippen molar-refractivity contribution in [2.45, 2.75) is 12.5 Å². The average Bonchev–Trinajstić information content (AvgIpc) is 2.61. The Morgan fingerprint density at radius 2 is 2.36 bits per heavy atom. The Bertz CT molecular complexity index is 424. The van der Waals surface area contributed by atoms with Gasteiger partial charge < -0.3 is 15.2 Å². The van der Waals surface area contributed by atoms with E-state index in [0.29, 0.717) is 13.0 Å². The maximum absolute atomic E-state index is 9.77. The Balaban J connectivity index is 2.42. The number of hydrogen-bond acceptors (Lipinski definition) is 3. The van der Waals surface area contributed by atoms with Crippen LogP contribution in [0.3, 0.4) is 0 Å². The molecule has 4 heteroatoms. The predicted octanol–water partition coefficient (Wildman–Crippen LogP) is 0.717. The first-order valence-corrected chi connectivity index (χ1v) is 4.63. The van der Waals surface area contributed by atoms with Crippen LogP contribution in [0.1, 0.15) is 18.2 Å². The summed E-state index contributed by atoms with van der Waals surface area (Å²) in [6.07, 6.45) is 3.60. The van der Waals surface area contributed by atoms with Gasteiger partial charge in [-0.25, -0.2) is 4.98 Å². The van der Waals surface area contributed by atoms with Gasteiger partial charge in [0, 0.05) is 6.20 Å². The molecule has 3 N–H and O–H groups in total. The lowest BCUT2D eigenvalue weighted by Crippen LogP contribution is -2.08. The van der Waals surface area contributed by atoms with Crippen molar-refractivity contribution >= 4 is 5.65 Å². The minimum Gasteiger partial charge on any atom is -0.387 e. The average molecular weight is 191 g/mol. The minimum atomic E-state index is -0.530. The predicted molar refractivity (Wildman–Crippen MR) is 53.8 cm³/mol. The van der Waals surface area contributed by atoms with E-state index in [0.717, 1.165) is 11.3 Å². The summed E-state index contributed by atoms with van der Waals surface area (Å²) in [5.41, 5.74) is 7.03. The molecule has 14 heavy (non-hydrogen) atoms. The first-order valence-electron chi connectivity index (χ1n) is 4.63. The summed E-state index contributed by atoms with van der Waals surface area (Å²) in [5, 5.41) is 9.77. The van der Waals surface area contributed by atoms with Gasteiger partial charge in [0.2, 0.25) is 0 Å². The standard InChI is InChI=1S/C10H13N3O/c11-5-4-9(14)8-7-12-10-3-1-2-6-13(8)10/h1-3,6-7,9,14H,4-5,11H2/t9-/m0/s1. The number of hydrogen-bond donors (Lipinski definition) is 2. The van der Waals surface area contributed by atoms with Gasteiger partial charge in [0.05, 0.1) is 18.0 Å². The van der Waals surface area contributed by atoms with Crippen LogP contribution in [-0.4, -0.2) is 21.0 Å². The second-order valence-corrected chi connectivity index (χ2v) is 3.21. The van der Waals surface area contributed by atoms with Crippen LogP contribution in [0.4, 0.5) is 0 Å². The highest BCUT2D eigenvalue weighted by Gasteiger charge is 2.11. The molecule has 0 aromatic carbocycles. The minimum absolute atomic E-state index is 0.473. The fraction of sp³-hybridized carbons (Fsp3) is 0.300. The molecule has 0 aliphatic carbocycles. The number of nitrogens with two attached hydrogens (primary N) is 1. The SMILES string of the molecule is NCC[C@H](O)c1cnc2ccccn12. The molecule has 0 fully saturated rings. The lowest BCUT2D eigenvalue weighted by Gasteiger charge is -2.08. The van der Waals surface area contributed by atoms with E-state index >= 15 is 0 Å². The maximum Gasteiger partial charge on any atom is 0.136 e. The Kier molecular flexibility index (Phi) is 2.47. The number of aromatic nitrogens is 2. The second-order valence-electron chi connectivity index (χ2n) is 3.21. The summed E-state index contributed by atoms with van der Waals surface area (Å²) in [7, 11) is 0. The van der Waals surface area contributed by atoms with Gasteiger partial charge in [-0.2, -0.15) is 0 Å². The van der Waals surface area contributed by atoms with E-state index in [9.17, 15) is 5.11 Å². The molecule has 0 amide bonds. The zero-order chi connectivity index (χ0) is 9.97. The number of rotatable bonds is 3. The summed E-state index contributed by atoms with van der Waals surface area (Å²) >= 11 is 0. The number of aliphatic hydroxyl groups is 1. The molecule has 2 rings (SSSR count). The monoisotopic (exact) mass is 191 g/mol. The fourth-order valence-corrected chi connectivity index (χ4v) is 1.50. The second kappa shape index (κ2) is 3.77.